The van der Waals surface area contributed by atoms with E-state index in [0.29, 0.717) is 30.2 Å². The van der Waals surface area contributed by atoms with Gasteiger partial charge in [-0.1, -0.05) is 12.1 Å². The van der Waals surface area contributed by atoms with Crippen LogP contribution in [0.1, 0.15) is 16.8 Å². The molecule has 7 heteroatoms. The van der Waals surface area contributed by atoms with Crippen molar-refractivity contribution in [1.29, 1.82) is 0 Å². The molecule has 0 bridgehead atoms. The fourth-order valence-corrected chi connectivity index (χ4v) is 3.23. The van der Waals surface area contributed by atoms with E-state index in [2.05, 4.69) is 15.4 Å². The van der Waals surface area contributed by atoms with Crippen LogP contribution in [0.5, 0.6) is 0 Å². The first-order valence-electron chi connectivity index (χ1n) is 7.91. The second-order valence-corrected chi connectivity index (χ2v) is 5.92. The van der Waals surface area contributed by atoms with E-state index in [4.69, 9.17) is 0 Å². The van der Waals surface area contributed by atoms with E-state index in [1.165, 1.54) is 16.8 Å². The number of benzene rings is 1. The van der Waals surface area contributed by atoms with Gasteiger partial charge in [0.15, 0.2) is 0 Å². The number of nitrogens with one attached hydrogen (secondary N) is 1. The third-order valence-electron chi connectivity index (χ3n) is 4.41. The Hall–Kier alpha value is -2.83. The quantitative estimate of drug-likeness (QED) is 0.718. The first kappa shape index (κ1) is 15.7. The van der Waals surface area contributed by atoms with Crippen LogP contribution in [-0.2, 0) is 12.6 Å². The van der Waals surface area contributed by atoms with Gasteiger partial charge in [-0.05, 0) is 37.6 Å². The minimum Gasteiger partial charge on any atom is -0.369 e. The highest BCUT2D eigenvalue weighted by molar-refractivity contribution is 5.76. The third kappa shape index (κ3) is 2.56. The Kier molecular flexibility index (Phi) is 3.52. The number of alkyl halides is 3. The molecular weight excluding hydrogens is 329 g/mol. The highest BCUT2D eigenvalue weighted by Crippen LogP contribution is 2.37. The molecule has 2 aromatic heterocycles. The number of fused-ring (bicyclic) bond motifs is 3. The molecule has 1 N–H and O–H groups in total. The van der Waals surface area contributed by atoms with Gasteiger partial charge in [-0.2, -0.15) is 18.3 Å². The zero-order chi connectivity index (χ0) is 17.6. The molecule has 0 aliphatic carbocycles. The number of aromatic nitrogens is 3. The van der Waals surface area contributed by atoms with Gasteiger partial charge in [0, 0.05) is 29.6 Å². The molecule has 128 valence electrons. The van der Waals surface area contributed by atoms with Crippen LogP contribution in [0, 0.1) is 6.92 Å². The predicted octanol–water partition coefficient (Wildman–Crippen LogP) is 4.23. The minimum absolute atomic E-state index is 0.0407. The van der Waals surface area contributed by atoms with Crippen molar-refractivity contribution in [2.45, 2.75) is 19.5 Å². The number of pyridine rings is 1. The normalized spacial score (nSPS) is 13.6. The van der Waals surface area contributed by atoms with Gasteiger partial charge in [-0.25, -0.2) is 9.67 Å². The topological polar surface area (TPSA) is 42.7 Å². The van der Waals surface area contributed by atoms with Crippen LogP contribution in [0.4, 0.5) is 19.0 Å². The fraction of sp³-hybridized carbons (Fsp3) is 0.222. The summed E-state index contributed by atoms with van der Waals surface area (Å²) in [7, 11) is 0. The Morgan fingerprint density at radius 1 is 1.12 bits per heavy atom. The fourth-order valence-electron chi connectivity index (χ4n) is 3.23. The van der Waals surface area contributed by atoms with Gasteiger partial charge in [0.2, 0.25) is 0 Å². The molecule has 4 rings (SSSR count). The number of para-hydroxylation sites is 1. The smallest absolute Gasteiger partial charge is 0.369 e. The maximum atomic E-state index is 13.4. The molecule has 0 amide bonds. The minimum atomic E-state index is -4.44. The molecule has 3 heterocycles. The lowest BCUT2D eigenvalue weighted by molar-refractivity contribution is -0.137. The van der Waals surface area contributed by atoms with Gasteiger partial charge >= 0.3 is 6.18 Å². The van der Waals surface area contributed by atoms with Crippen LogP contribution in [0.25, 0.3) is 16.9 Å². The zero-order valence-electron chi connectivity index (χ0n) is 13.4. The molecule has 0 saturated heterocycles. The van der Waals surface area contributed by atoms with Gasteiger partial charge in [-0.15, -0.1) is 0 Å². The van der Waals surface area contributed by atoms with Crippen molar-refractivity contribution in [2.24, 2.45) is 0 Å². The van der Waals surface area contributed by atoms with Crippen LogP contribution in [0.15, 0.2) is 42.6 Å². The first-order chi connectivity index (χ1) is 12.0. The lowest BCUT2D eigenvalue weighted by atomic mass is 10.1. The van der Waals surface area contributed by atoms with Crippen LogP contribution < -0.4 is 5.32 Å². The largest absolute Gasteiger partial charge is 0.418 e. The summed E-state index contributed by atoms with van der Waals surface area (Å²) in [5.74, 6) is 0.704. The van der Waals surface area contributed by atoms with Crippen molar-refractivity contribution in [3.8, 4) is 16.9 Å². The molecule has 4 nitrogen and oxygen atoms in total. The summed E-state index contributed by atoms with van der Waals surface area (Å²) in [4.78, 5) is 4.31. The van der Waals surface area contributed by atoms with Gasteiger partial charge in [0.1, 0.15) is 5.82 Å². The zero-order valence-corrected chi connectivity index (χ0v) is 13.4. The molecule has 25 heavy (non-hydrogen) atoms. The van der Waals surface area contributed by atoms with Crippen LogP contribution in [0.2, 0.25) is 0 Å². The second kappa shape index (κ2) is 5.61. The maximum Gasteiger partial charge on any atom is 0.418 e. The Bertz CT molecular complexity index is 944. The molecule has 1 aliphatic rings. The summed E-state index contributed by atoms with van der Waals surface area (Å²) in [6.07, 6.45) is -2.08. The van der Waals surface area contributed by atoms with Crippen molar-refractivity contribution >= 4 is 5.82 Å². The molecular formula is C18H15F3N4. The number of halogens is 3. The average molecular weight is 344 g/mol. The van der Waals surface area contributed by atoms with Crippen molar-refractivity contribution < 1.29 is 13.2 Å². The van der Waals surface area contributed by atoms with E-state index >= 15 is 0 Å². The molecule has 1 aliphatic heterocycles. The molecule has 0 spiro atoms. The number of rotatable bonds is 1. The Balaban J connectivity index is 1.95. The van der Waals surface area contributed by atoms with Crippen LogP contribution >= 0.6 is 0 Å². The van der Waals surface area contributed by atoms with E-state index in [9.17, 15) is 13.2 Å². The molecule has 0 atom stereocenters. The van der Waals surface area contributed by atoms with Gasteiger partial charge in [0.05, 0.1) is 16.9 Å². The van der Waals surface area contributed by atoms with E-state index in [0.717, 1.165) is 17.2 Å². The standard InChI is InChI=1S/C18H15F3N4/c1-11-12-8-10-23-17-13(5-4-9-22-17)16(12)24-25(11)15-7-3-2-6-14(15)18(19,20)21/h2-7,9H,8,10H2,1H3,(H,22,23). The van der Waals surface area contributed by atoms with Crippen LogP contribution in [0.3, 0.4) is 0 Å². The van der Waals surface area contributed by atoms with E-state index < -0.39 is 11.7 Å². The summed E-state index contributed by atoms with van der Waals surface area (Å²) < 4.78 is 41.6. The summed E-state index contributed by atoms with van der Waals surface area (Å²) in [5, 5.41) is 7.77. The third-order valence-corrected chi connectivity index (χ3v) is 4.41. The summed E-state index contributed by atoms with van der Waals surface area (Å²) >= 11 is 0. The van der Waals surface area contributed by atoms with Crippen molar-refractivity contribution in [3.63, 3.8) is 0 Å². The molecule has 1 aromatic carbocycles. The average Bonchev–Trinajstić information content (AvgIpc) is 2.80. The molecule has 0 saturated carbocycles. The Morgan fingerprint density at radius 2 is 1.92 bits per heavy atom. The lowest BCUT2D eigenvalue weighted by Gasteiger charge is -2.14. The molecule has 3 aromatic rings. The second-order valence-electron chi connectivity index (χ2n) is 5.92. The van der Waals surface area contributed by atoms with Gasteiger partial charge < -0.3 is 5.32 Å². The van der Waals surface area contributed by atoms with Gasteiger partial charge in [-0.3, -0.25) is 0 Å². The van der Waals surface area contributed by atoms with E-state index in [1.54, 1.807) is 25.3 Å². The number of hydrogen-bond acceptors (Lipinski definition) is 3. The van der Waals surface area contributed by atoms with Crippen LogP contribution in [-0.4, -0.2) is 21.3 Å². The highest BCUT2D eigenvalue weighted by Gasteiger charge is 2.35. The monoisotopic (exact) mass is 344 g/mol. The Morgan fingerprint density at radius 3 is 2.72 bits per heavy atom. The summed E-state index contributed by atoms with van der Waals surface area (Å²) in [6, 6.07) is 9.19. The number of hydrogen-bond donors (Lipinski definition) is 1. The Labute approximate surface area is 142 Å². The first-order valence-corrected chi connectivity index (χ1v) is 7.91. The lowest BCUT2D eigenvalue weighted by Crippen LogP contribution is -2.12. The van der Waals surface area contributed by atoms with Gasteiger partial charge in [0.25, 0.3) is 0 Å². The molecule has 0 unspecified atom stereocenters. The SMILES string of the molecule is Cc1c2c(nn1-c1ccccc1C(F)(F)F)-c1cccnc1NCC2. The number of nitrogens with zero attached hydrogens (tertiary/aromatic N) is 3. The highest BCUT2D eigenvalue weighted by atomic mass is 19.4. The number of anilines is 1. The molecule has 0 radical (unpaired) electrons. The summed E-state index contributed by atoms with van der Waals surface area (Å²) in [6.45, 7) is 2.46. The van der Waals surface area contributed by atoms with Crippen molar-refractivity contribution in [3.05, 3.63) is 59.4 Å². The molecule has 0 fully saturated rings. The maximum absolute atomic E-state index is 13.4. The van der Waals surface area contributed by atoms with Crippen molar-refractivity contribution in [1.82, 2.24) is 14.8 Å². The predicted molar refractivity (Wildman–Crippen MR) is 88.7 cm³/mol. The van der Waals surface area contributed by atoms with E-state index in [1.807, 2.05) is 6.07 Å². The summed E-state index contributed by atoms with van der Waals surface area (Å²) in [5.41, 5.74) is 2.49. The van der Waals surface area contributed by atoms with Crippen molar-refractivity contribution in [2.75, 3.05) is 11.9 Å². The van der Waals surface area contributed by atoms with E-state index in [-0.39, 0.29) is 5.69 Å².